The second kappa shape index (κ2) is 4.70. The van der Waals surface area contributed by atoms with Crippen LogP contribution in [0.5, 0.6) is 0 Å². The van der Waals surface area contributed by atoms with Crippen LogP contribution in [0.1, 0.15) is 5.56 Å². The van der Waals surface area contributed by atoms with Crippen LogP contribution in [0.3, 0.4) is 0 Å². The van der Waals surface area contributed by atoms with E-state index in [-0.39, 0.29) is 12.8 Å². The van der Waals surface area contributed by atoms with E-state index in [2.05, 4.69) is 0 Å². The number of carboxylic acids is 1. The Balaban J connectivity index is 2.90. The molecular weight excluding hydrogens is 197 g/mol. The molecule has 0 aliphatic carbocycles. The third kappa shape index (κ3) is 2.89. The minimum Gasteiger partial charge on any atom is -0.480 e. The Morgan fingerprint density at radius 2 is 2.07 bits per heavy atom. The molecule has 4 heteroatoms. The fraction of sp³-hybridized carbons (Fsp3) is 0.182. The van der Waals surface area contributed by atoms with Gasteiger partial charge in [0.25, 0.3) is 0 Å². The van der Waals surface area contributed by atoms with Crippen molar-refractivity contribution in [3.63, 3.8) is 0 Å². The van der Waals surface area contributed by atoms with Crippen LogP contribution in [0.25, 0.3) is 0 Å². The van der Waals surface area contributed by atoms with Gasteiger partial charge < -0.3 is 10.8 Å². The summed E-state index contributed by atoms with van der Waals surface area (Å²) in [6.45, 7) is 0. The van der Waals surface area contributed by atoms with E-state index in [1.165, 1.54) is 0 Å². The summed E-state index contributed by atoms with van der Waals surface area (Å²) in [4.78, 5) is 10.9. The van der Waals surface area contributed by atoms with Gasteiger partial charge in [0.15, 0.2) is 0 Å². The number of halogens is 1. The second-order valence-electron chi connectivity index (χ2n) is 3.30. The van der Waals surface area contributed by atoms with Gasteiger partial charge in [-0.15, -0.1) is 0 Å². The van der Waals surface area contributed by atoms with Crippen molar-refractivity contribution in [1.82, 2.24) is 0 Å². The van der Waals surface area contributed by atoms with Gasteiger partial charge >= 0.3 is 5.97 Å². The standard InChI is InChI=1S/C11H12FNO2/c12-7-6-11(13,10(14)15)8-9-4-2-1-3-5-9/h1-7H,8,13H2,(H,14,15)/b7-6-. The van der Waals surface area contributed by atoms with Crippen LogP contribution in [0.4, 0.5) is 4.39 Å². The van der Waals surface area contributed by atoms with Gasteiger partial charge in [-0.25, -0.2) is 9.18 Å². The molecule has 1 rings (SSSR count). The van der Waals surface area contributed by atoms with Crippen molar-refractivity contribution in [2.75, 3.05) is 0 Å². The van der Waals surface area contributed by atoms with E-state index >= 15 is 0 Å². The number of hydrogen-bond donors (Lipinski definition) is 2. The molecule has 0 spiro atoms. The Kier molecular flexibility index (Phi) is 3.57. The third-order valence-electron chi connectivity index (χ3n) is 2.10. The summed E-state index contributed by atoms with van der Waals surface area (Å²) in [7, 11) is 0. The molecule has 1 aromatic carbocycles. The Hall–Kier alpha value is -1.68. The number of nitrogens with two attached hydrogens (primary N) is 1. The van der Waals surface area contributed by atoms with Crippen molar-refractivity contribution in [3.05, 3.63) is 48.3 Å². The molecule has 1 aromatic rings. The van der Waals surface area contributed by atoms with Crippen LogP contribution >= 0.6 is 0 Å². The van der Waals surface area contributed by atoms with E-state index in [1.54, 1.807) is 24.3 Å². The van der Waals surface area contributed by atoms with Crippen LogP contribution in [0, 0.1) is 0 Å². The summed E-state index contributed by atoms with van der Waals surface area (Å²) in [5.74, 6) is -1.25. The zero-order valence-corrected chi connectivity index (χ0v) is 8.06. The molecule has 0 aliphatic rings. The number of hydrogen-bond acceptors (Lipinski definition) is 2. The molecule has 0 fully saturated rings. The Labute approximate surface area is 87.0 Å². The molecule has 0 radical (unpaired) electrons. The molecule has 3 nitrogen and oxygen atoms in total. The maximum Gasteiger partial charge on any atom is 0.328 e. The maximum atomic E-state index is 12.0. The Morgan fingerprint density at radius 3 is 2.53 bits per heavy atom. The van der Waals surface area contributed by atoms with Crippen molar-refractivity contribution in [3.8, 4) is 0 Å². The molecule has 1 atom stereocenters. The highest BCUT2D eigenvalue weighted by molar-refractivity contribution is 5.81. The van der Waals surface area contributed by atoms with Crippen molar-refractivity contribution >= 4 is 5.97 Å². The quantitative estimate of drug-likeness (QED) is 0.789. The summed E-state index contributed by atoms with van der Waals surface area (Å²) in [5.41, 5.74) is 4.62. The van der Waals surface area contributed by atoms with Crippen LogP contribution in [0.15, 0.2) is 42.7 Å². The van der Waals surface area contributed by atoms with Crippen LogP contribution < -0.4 is 5.73 Å². The van der Waals surface area contributed by atoms with E-state index in [1.807, 2.05) is 6.07 Å². The minimum absolute atomic E-state index is 0.0591. The van der Waals surface area contributed by atoms with Crippen molar-refractivity contribution in [2.45, 2.75) is 12.0 Å². The van der Waals surface area contributed by atoms with E-state index in [4.69, 9.17) is 10.8 Å². The fourth-order valence-electron chi connectivity index (χ4n) is 1.25. The van der Waals surface area contributed by atoms with E-state index in [9.17, 15) is 9.18 Å². The van der Waals surface area contributed by atoms with Crippen LogP contribution in [-0.2, 0) is 11.2 Å². The lowest BCUT2D eigenvalue weighted by molar-refractivity contribution is -0.141. The van der Waals surface area contributed by atoms with E-state index in [0.717, 1.165) is 11.6 Å². The van der Waals surface area contributed by atoms with Gasteiger partial charge in [0.1, 0.15) is 5.54 Å². The summed E-state index contributed by atoms with van der Waals surface area (Å²) < 4.78 is 12.0. The molecule has 0 bridgehead atoms. The molecule has 0 aliphatic heterocycles. The van der Waals surface area contributed by atoms with Crippen molar-refractivity contribution < 1.29 is 14.3 Å². The average Bonchev–Trinajstić information content (AvgIpc) is 2.19. The van der Waals surface area contributed by atoms with Gasteiger partial charge in [-0.1, -0.05) is 30.3 Å². The van der Waals surface area contributed by atoms with Crippen LogP contribution in [-0.4, -0.2) is 16.6 Å². The topological polar surface area (TPSA) is 63.3 Å². The lowest BCUT2D eigenvalue weighted by Gasteiger charge is -2.19. The first-order valence-corrected chi connectivity index (χ1v) is 4.42. The molecule has 0 heterocycles. The first-order valence-electron chi connectivity index (χ1n) is 4.42. The predicted octanol–water partition coefficient (Wildman–Crippen LogP) is 1.49. The number of carboxylic acid groups (broad SMARTS) is 1. The van der Waals surface area contributed by atoms with Gasteiger partial charge in [-0.2, -0.15) is 0 Å². The van der Waals surface area contributed by atoms with Gasteiger partial charge in [-0.05, 0) is 11.6 Å². The smallest absolute Gasteiger partial charge is 0.328 e. The Morgan fingerprint density at radius 1 is 1.47 bits per heavy atom. The first-order chi connectivity index (χ1) is 7.08. The zero-order valence-electron chi connectivity index (χ0n) is 8.06. The molecule has 3 N–H and O–H groups in total. The molecular formula is C11H12FNO2. The SMILES string of the molecule is NC(/C=C\F)(Cc1ccccc1)C(=O)O. The lowest BCUT2D eigenvalue weighted by atomic mass is 9.92. The predicted molar refractivity (Wildman–Crippen MR) is 54.9 cm³/mol. The minimum atomic E-state index is -1.68. The molecule has 0 amide bonds. The molecule has 1 unspecified atom stereocenters. The third-order valence-corrected chi connectivity index (χ3v) is 2.10. The highest BCUT2D eigenvalue weighted by atomic mass is 19.1. The monoisotopic (exact) mass is 209 g/mol. The largest absolute Gasteiger partial charge is 0.480 e. The van der Waals surface area contributed by atoms with E-state index in [0.29, 0.717) is 0 Å². The lowest BCUT2D eigenvalue weighted by Crippen LogP contribution is -2.48. The highest BCUT2D eigenvalue weighted by Gasteiger charge is 2.31. The van der Waals surface area contributed by atoms with Gasteiger partial charge in [0.2, 0.25) is 0 Å². The van der Waals surface area contributed by atoms with Gasteiger partial charge in [0, 0.05) is 6.42 Å². The number of aliphatic carboxylic acids is 1. The van der Waals surface area contributed by atoms with Crippen LogP contribution in [0.2, 0.25) is 0 Å². The Bertz CT molecular complexity index is 364. The summed E-state index contributed by atoms with van der Waals surface area (Å²) in [5, 5.41) is 8.88. The molecule has 0 saturated heterocycles. The average molecular weight is 209 g/mol. The normalized spacial score (nSPS) is 15.1. The molecule has 0 aromatic heterocycles. The summed E-state index contributed by atoms with van der Waals surface area (Å²) >= 11 is 0. The highest BCUT2D eigenvalue weighted by Crippen LogP contribution is 2.13. The summed E-state index contributed by atoms with van der Waals surface area (Å²) in [6, 6.07) is 8.86. The van der Waals surface area contributed by atoms with Crippen molar-refractivity contribution in [1.29, 1.82) is 0 Å². The number of benzene rings is 1. The number of carbonyl (C=O) groups is 1. The second-order valence-corrected chi connectivity index (χ2v) is 3.30. The molecule has 15 heavy (non-hydrogen) atoms. The molecule has 80 valence electrons. The maximum absolute atomic E-state index is 12.0. The summed E-state index contributed by atoms with van der Waals surface area (Å²) in [6.07, 6.45) is 1.07. The van der Waals surface area contributed by atoms with E-state index < -0.39 is 11.5 Å². The molecule has 0 saturated carbocycles. The fourth-order valence-corrected chi connectivity index (χ4v) is 1.25. The van der Waals surface area contributed by atoms with Crippen molar-refractivity contribution in [2.24, 2.45) is 5.73 Å². The first kappa shape index (κ1) is 11.4. The van der Waals surface area contributed by atoms with Gasteiger partial charge in [-0.3, -0.25) is 0 Å². The van der Waals surface area contributed by atoms with Gasteiger partial charge in [0.05, 0.1) is 6.33 Å². The zero-order chi connectivity index (χ0) is 11.3. The number of rotatable bonds is 4.